The van der Waals surface area contributed by atoms with E-state index in [0.717, 1.165) is 12.8 Å². The molecule has 0 aliphatic rings. The second-order valence-electron chi connectivity index (χ2n) is 5.83. The molecule has 122 valence electrons. The zero-order valence-corrected chi connectivity index (χ0v) is 13.8. The Labute approximate surface area is 132 Å². The van der Waals surface area contributed by atoms with E-state index in [1.807, 2.05) is 0 Å². The molecule has 2 N–H and O–H groups in total. The summed E-state index contributed by atoms with van der Waals surface area (Å²) in [6.07, 6.45) is 2.21. The van der Waals surface area contributed by atoms with Gasteiger partial charge >= 0.3 is 0 Å². The lowest BCUT2D eigenvalue weighted by Crippen LogP contribution is -2.42. The van der Waals surface area contributed by atoms with Gasteiger partial charge in [-0.15, -0.1) is 0 Å². The molecule has 0 amide bonds. The van der Waals surface area contributed by atoms with Crippen molar-refractivity contribution in [3.05, 3.63) is 39.9 Å². The number of rotatable bonds is 7. The van der Waals surface area contributed by atoms with Crippen molar-refractivity contribution in [3.63, 3.8) is 0 Å². The van der Waals surface area contributed by atoms with Gasteiger partial charge in [0.1, 0.15) is 0 Å². The van der Waals surface area contributed by atoms with Crippen LogP contribution in [-0.2, 0) is 6.54 Å². The number of benzene rings is 1. The Kier molecular flexibility index (Phi) is 7.36. The highest BCUT2D eigenvalue weighted by Gasteiger charge is 2.13. The van der Waals surface area contributed by atoms with Gasteiger partial charge in [-0.25, -0.2) is 0 Å². The smallest absolute Gasteiger partial charge is 0.274 e. The Morgan fingerprint density at radius 2 is 1.95 bits per heavy atom. The second-order valence-corrected chi connectivity index (χ2v) is 5.83. The second kappa shape index (κ2) is 9.02. The number of nitro groups is 1. The minimum atomic E-state index is -0.363. The number of hydrogen-bond donors (Lipinski definition) is 2. The van der Waals surface area contributed by atoms with Gasteiger partial charge in [0.25, 0.3) is 5.69 Å². The van der Waals surface area contributed by atoms with Crippen LogP contribution in [-0.4, -0.2) is 24.0 Å². The molecule has 0 fully saturated rings. The molecule has 0 saturated carbocycles. The van der Waals surface area contributed by atoms with Crippen LogP contribution in [0.1, 0.15) is 39.2 Å². The van der Waals surface area contributed by atoms with E-state index in [9.17, 15) is 10.1 Å². The monoisotopic (exact) mass is 306 g/mol. The van der Waals surface area contributed by atoms with Crippen molar-refractivity contribution in [2.45, 2.75) is 46.2 Å². The normalized spacial score (nSPS) is 13.0. The van der Waals surface area contributed by atoms with Crippen LogP contribution < -0.4 is 10.6 Å². The Morgan fingerprint density at radius 3 is 2.55 bits per heavy atom. The third-order valence-electron chi connectivity index (χ3n) is 3.42. The van der Waals surface area contributed by atoms with E-state index in [0.29, 0.717) is 30.0 Å². The zero-order valence-electron chi connectivity index (χ0n) is 13.8. The summed E-state index contributed by atoms with van der Waals surface area (Å²) in [5.74, 6) is 1.33. The van der Waals surface area contributed by atoms with Crippen molar-refractivity contribution in [1.29, 1.82) is 0 Å². The first-order valence-corrected chi connectivity index (χ1v) is 7.63. The first-order valence-electron chi connectivity index (χ1n) is 7.63. The van der Waals surface area contributed by atoms with Crippen LogP contribution in [0.15, 0.2) is 29.3 Å². The van der Waals surface area contributed by atoms with Crippen LogP contribution in [0.25, 0.3) is 0 Å². The maximum absolute atomic E-state index is 11.0. The molecule has 6 nitrogen and oxygen atoms in total. The molecule has 1 rings (SSSR count). The van der Waals surface area contributed by atoms with Gasteiger partial charge in [-0.05, 0) is 25.7 Å². The van der Waals surface area contributed by atoms with Gasteiger partial charge in [-0.3, -0.25) is 15.1 Å². The first kappa shape index (κ1) is 17.9. The molecule has 0 spiro atoms. The van der Waals surface area contributed by atoms with E-state index < -0.39 is 0 Å². The van der Waals surface area contributed by atoms with Crippen molar-refractivity contribution in [2.24, 2.45) is 10.9 Å². The summed E-state index contributed by atoms with van der Waals surface area (Å²) in [6.45, 7) is 6.89. The number of nitrogens with zero attached hydrogens (tertiary/aromatic N) is 2. The van der Waals surface area contributed by atoms with E-state index in [-0.39, 0.29) is 10.6 Å². The standard InChI is InChI=1S/C16H26N4O2/c1-12(2)9-10-13(3)19-16(17-4)18-11-14-7-5-6-8-15(14)20(21)22/h5-8,12-13H,9-11H2,1-4H3,(H2,17,18,19). The molecule has 6 heteroatoms. The lowest BCUT2D eigenvalue weighted by atomic mass is 10.0. The lowest BCUT2D eigenvalue weighted by Gasteiger charge is -2.18. The van der Waals surface area contributed by atoms with E-state index in [4.69, 9.17) is 0 Å². The van der Waals surface area contributed by atoms with E-state index in [2.05, 4.69) is 36.4 Å². The molecule has 0 aliphatic carbocycles. The molecule has 0 heterocycles. The summed E-state index contributed by atoms with van der Waals surface area (Å²) < 4.78 is 0. The van der Waals surface area contributed by atoms with Crippen molar-refractivity contribution in [2.75, 3.05) is 7.05 Å². The van der Waals surface area contributed by atoms with Gasteiger partial charge in [0.2, 0.25) is 0 Å². The predicted molar refractivity (Wildman–Crippen MR) is 90.0 cm³/mol. The predicted octanol–water partition coefficient (Wildman–Crippen LogP) is 3.08. The highest BCUT2D eigenvalue weighted by molar-refractivity contribution is 5.80. The highest BCUT2D eigenvalue weighted by atomic mass is 16.6. The van der Waals surface area contributed by atoms with Crippen LogP contribution >= 0.6 is 0 Å². The number of hydrogen-bond acceptors (Lipinski definition) is 3. The summed E-state index contributed by atoms with van der Waals surface area (Å²) in [5.41, 5.74) is 0.767. The molecule has 1 aromatic carbocycles. The van der Waals surface area contributed by atoms with Gasteiger partial charge in [-0.1, -0.05) is 32.0 Å². The van der Waals surface area contributed by atoms with Crippen molar-refractivity contribution < 1.29 is 4.92 Å². The van der Waals surface area contributed by atoms with Gasteiger partial charge in [0.05, 0.1) is 4.92 Å². The first-order chi connectivity index (χ1) is 10.4. The number of aliphatic imine (C=N–C) groups is 1. The zero-order chi connectivity index (χ0) is 16.5. The van der Waals surface area contributed by atoms with Crippen molar-refractivity contribution >= 4 is 11.6 Å². The summed E-state index contributed by atoms with van der Waals surface area (Å²) in [4.78, 5) is 14.8. The van der Waals surface area contributed by atoms with Crippen LogP contribution in [0.5, 0.6) is 0 Å². The number of para-hydroxylation sites is 1. The summed E-state index contributed by atoms with van der Waals surface area (Å²) in [7, 11) is 1.70. The van der Waals surface area contributed by atoms with E-state index >= 15 is 0 Å². The maximum atomic E-state index is 11.0. The maximum Gasteiger partial charge on any atom is 0.274 e. The Morgan fingerprint density at radius 1 is 1.27 bits per heavy atom. The molecular formula is C16H26N4O2. The quantitative estimate of drug-likeness (QED) is 0.351. The summed E-state index contributed by atoms with van der Waals surface area (Å²) >= 11 is 0. The van der Waals surface area contributed by atoms with E-state index in [1.165, 1.54) is 6.07 Å². The summed E-state index contributed by atoms with van der Waals surface area (Å²) in [5, 5.41) is 17.4. The lowest BCUT2D eigenvalue weighted by molar-refractivity contribution is -0.385. The molecule has 0 radical (unpaired) electrons. The topological polar surface area (TPSA) is 79.6 Å². The van der Waals surface area contributed by atoms with Gasteiger partial charge < -0.3 is 10.6 Å². The molecule has 22 heavy (non-hydrogen) atoms. The van der Waals surface area contributed by atoms with Crippen LogP contribution in [0.2, 0.25) is 0 Å². The average molecular weight is 306 g/mol. The fraction of sp³-hybridized carbons (Fsp3) is 0.562. The van der Waals surface area contributed by atoms with Crippen molar-refractivity contribution in [1.82, 2.24) is 10.6 Å². The molecular weight excluding hydrogens is 280 g/mol. The Balaban J connectivity index is 2.56. The Hall–Kier alpha value is -2.11. The van der Waals surface area contributed by atoms with Crippen LogP contribution in [0.4, 0.5) is 5.69 Å². The fourth-order valence-corrected chi connectivity index (χ4v) is 2.10. The SMILES string of the molecule is CN=C(NCc1ccccc1[N+](=O)[O-])NC(C)CCC(C)C. The van der Waals surface area contributed by atoms with Crippen LogP contribution in [0, 0.1) is 16.0 Å². The minimum Gasteiger partial charge on any atom is -0.354 e. The molecule has 1 unspecified atom stereocenters. The molecule has 0 bridgehead atoms. The fourth-order valence-electron chi connectivity index (χ4n) is 2.10. The van der Waals surface area contributed by atoms with Gasteiger partial charge in [0, 0.05) is 31.3 Å². The number of nitro benzene ring substituents is 1. The molecule has 0 saturated heterocycles. The number of guanidine groups is 1. The van der Waals surface area contributed by atoms with Crippen molar-refractivity contribution in [3.8, 4) is 0 Å². The Bertz CT molecular complexity index is 515. The van der Waals surface area contributed by atoms with Gasteiger partial charge in [0.15, 0.2) is 5.96 Å². The third-order valence-corrected chi connectivity index (χ3v) is 3.42. The average Bonchev–Trinajstić information content (AvgIpc) is 2.49. The number of nitrogens with one attached hydrogen (secondary N) is 2. The van der Waals surface area contributed by atoms with Gasteiger partial charge in [-0.2, -0.15) is 0 Å². The van der Waals surface area contributed by atoms with Crippen LogP contribution in [0.3, 0.4) is 0 Å². The molecule has 0 aliphatic heterocycles. The third kappa shape index (κ3) is 6.11. The molecule has 1 atom stereocenters. The molecule has 1 aromatic rings. The highest BCUT2D eigenvalue weighted by Crippen LogP contribution is 2.17. The largest absolute Gasteiger partial charge is 0.354 e. The minimum absolute atomic E-state index is 0.123. The molecule has 0 aromatic heterocycles. The van der Waals surface area contributed by atoms with E-state index in [1.54, 1.807) is 25.2 Å². The summed E-state index contributed by atoms with van der Waals surface area (Å²) in [6, 6.07) is 7.03.